The lowest BCUT2D eigenvalue weighted by Gasteiger charge is -2.21. The summed E-state index contributed by atoms with van der Waals surface area (Å²) in [4.78, 5) is 13.7. The van der Waals surface area contributed by atoms with E-state index in [0.717, 1.165) is 25.9 Å². The van der Waals surface area contributed by atoms with Gasteiger partial charge < -0.3 is 5.32 Å². The molecule has 1 aliphatic heterocycles. The standard InChI is InChI=1S/C7H12N4O/c12-7-9-5-10-11(7)6-1-3-8-4-2-6/h5-6,8H,1-4H2,(H,9,10,12). The Hall–Kier alpha value is -1.10. The second-order valence-corrected chi connectivity index (χ2v) is 3.02. The maximum absolute atomic E-state index is 11.1. The Balaban J connectivity index is 2.18. The summed E-state index contributed by atoms with van der Waals surface area (Å²) in [7, 11) is 0. The van der Waals surface area contributed by atoms with Gasteiger partial charge in [0, 0.05) is 0 Å². The van der Waals surface area contributed by atoms with Crippen molar-refractivity contribution in [1.82, 2.24) is 20.1 Å². The zero-order valence-corrected chi connectivity index (χ0v) is 6.79. The van der Waals surface area contributed by atoms with E-state index in [4.69, 9.17) is 0 Å². The van der Waals surface area contributed by atoms with Crippen molar-refractivity contribution in [2.45, 2.75) is 18.9 Å². The van der Waals surface area contributed by atoms with Crippen LogP contribution >= 0.6 is 0 Å². The van der Waals surface area contributed by atoms with E-state index in [0.29, 0.717) is 0 Å². The molecule has 1 aromatic rings. The first kappa shape index (κ1) is 7.54. The third-order valence-electron chi connectivity index (χ3n) is 2.23. The van der Waals surface area contributed by atoms with Crippen LogP contribution in [0.3, 0.4) is 0 Å². The van der Waals surface area contributed by atoms with Crippen molar-refractivity contribution in [3.05, 3.63) is 16.8 Å². The third-order valence-corrected chi connectivity index (χ3v) is 2.23. The van der Waals surface area contributed by atoms with Crippen LogP contribution in [0.2, 0.25) is 0 Å². The average Bonchev–Trinajstić information content (AvgIpc) is 2.53. The van der Waals surface area contributed by atoms with E-state index in [1.807, 2.05) is 0 Å². The predicted molar refractivity (Wildman–Crippen MR) is 44.0 cm³/mol. The van der Waals surface area contributed by atoms with Crippen molar-refractivity contribution in [2.24, 2.45) is 0 Å². The van der Waals surface area contributed by atoms with Gasteiger partial charge in [0.05, 0.1) is 6.04 Å². The molecule has 0 saturated carbocycles. The molecule has 5 heteroatoms. The normalized spacial score (nSPS) is 19.7. The van der Waals surface area contributed by atoms with Crippen LogP contribution < -0.4 is 11.0 Å². The van der Waals surface area contributed by atoms with Crippen molar-refractivity contribution in [3.8, 4) is 0 Å². The smallest absolute Gasteiger partial charge is 0.317 e. The molecule has 0 unspecified atom stereocenters. The second-order valence-electron chi connectivity index (χ2n) is 3.02. The summed E-state index contributed by atoms with van der Waals surface area (Å²) >= 11 is 0. The molecule has 0 spiro atoms. The first-order chi connectivity index (χ1) is 5.88. The fourth-order valence-corrected chi connectivity index (χ4v) is 1.58. The highest BCUT2D eigenvalue weighted by Gasteiger charge is 2.16. The Labute approximate surface area is 69.8 Å². The van der Waals surface area contributed by atoms with Crippen LogP contribution in [-0.2, 0) is 0 Å². The molecule has 2 heterocycles. The predicted octanol–water partition coefficient (Wildman–Crippen LogP) is -0.504. The number of nitrogens with one attached hydrogen (secondary N) is 2. The Morgan fingerprint density at radius 2 is 2.25 bits per heavy atom. The molecule has 2 rings (SSSR count). The molecule has 66 valence electrons. The van der Waals surface area contributed by atoms with E-state index in [1.54, 1.807) is 4.68 Å². The summed E-state index contributed by atoms with van der Waals surface area (Å²) in [6, 6.07) is 0.282. The van der Waals surface area contributed by atoms with Crippen molar-refractivity contribution >= 4 is 0 Å². The first-order valence-corrected chi connectivity index (χ1v) is 4.21. The number of nitrogens with zero attached hydrogens (tertiary/aromatic N) is 2. The quantitative estimate of drug-likeness (QED) is 0.594. The number of piperidine rings is 1. The second kappa shape index (κ2) is 3.10. The minimum absolute atomic E-state index is 0.0955. The molecule has 0 aliphatic carbocycles. The highest BCUT2D eigenvalue weighted by Crippen LogP contribution is 2.13. The van der Waals surface area contributed by atoms with E-state index in [-0.39, 0.29) is 11.7 Å². The van der Waals surface area contributed by atoms with Crippen molar-refractivity contribution in [3.63, 3.8) is 0 Å². The Bertz CT molecular complexity index is 296. The molecular weight excluding hydrogens is 156 g/mol. The minimum atomic E-state index is -0.0955. The summed E-state index contributed by atoms with van der Waals surface area (Å²) < 4.78 is 1.54. The summed E-state index contributed by atoms with van der Waals surface area (Å²) in [5, 5.41) is 7.20. The molecule has 1 aromatic heterocycles. The number of hydrogen-bond donors (Lipinski definition) is 2. The van der Waals surface area contributed by atoms with Crippen LogP contribution in [0.25, 0.3) is 0 Å². The number of aromatic amines is 1. The number of aromatic nitrogens is 3. The lowest BCUT2D eigenvalue weighted by atomic mass is 10.1. The summed E-state index contributed by atoms with van der Waals surface area (Å²) in [6.45, 7) is 1.95. The van der Waals surface area contributed by atoms with Gasteiger partial charge >= 0.3 is 5.69 Å². The summed E-state index contributed by atoms with van der Waals surface area (Å²) in [5.74, 6) is 0. The van der Waals surface area contributed by atoms with Gasteiger partial charge in [-0.15, -0.1) is 0 Å². The monoisotopic (exact) mass is 168 g/mol. The summed E-state index contributed by atoms with van der Waals surface area (Å²) in [6.07, 6.45) is 3.43. The molecular formula is C7H12N4O. The van der Waals surface area contributed by atoms with Crippen LogP contribution in [0, 0.1) is 0 Å². The highest BCUT2D eigenvalue weighted by atomic mass is 16.1. The first-order valence-electron chi connectivity index (χ1n) is 4.21. The Morgan fingerprint density at radius 1 is 1.50 bits per heavy atom. The molecule has 0 atom stereocenters. The molecule has 1 aliphatic rings. The van der Waals surface area contributed by atoms with Gasteiger partial charge in [-0.25, -0.2) is 9.48 Å². The van der Waals surface area contributed by atoms with Gasteiger partial charge in [0.2, 0.25) is 0 Å². The molecule has 1 saturated heterocycles. The van der Waals surface area contributed by atoms with E-state index in [1.165, 1.54) is 6.33 Å². The van der Waals surface area contributed by atoms with E-state index in [9.17, 15) is 4.79 Å². The van der Waals surface area contributed by atoms with Gasteiger partial charge in [0.15, 0.2) is 0 Å². The van der Waals surface area contributed by atoms with Crippen molar-refractivity contribution < 1.29 is 0 Å². The van der Waals surface area contributed by atoms with Gasteiger partial charge in [-0.05, 0) is 25.9 Å². The van der Waals surface area contributed by atoms with Crippen molar-refractivity contribution in [1.29, 1.82) is 0 Å². The summed E-state index contributed by atoms with van der Waals surface area (Å²) in [5.41, 5.74) is -0.0955. The molecule has 1 fully saturated rings. The van der Waals surface area contributed by atoms with E-state index < -0.39 is 0 Å². The van der Waals surface area contributed by atoms with Gasteiger partial charge in [0.1, 0.15) is 6.33 Å². The van der Waals surface area contributed by atoms with Gasteiger partial charge in [0.25, 0.3) is 0 Å². The van der Waals surface area contributed by atoms with Gasteiger partial charge in [-0.2, -0.15) is 5.10 Å². The maximum atomic E-state index is 11.1. The van der Waals surface area contributed by atoms with Crippen LogP contribution in [0.1, 0.15) is 18.9 Å². The van der Waals surface area contributed by atoms with Gasteiger partial charge in [-0.3, -0.25) is 4.98 Å². The largest absolute Gasteiger partial charge is 0.343 e. The topological polar surface area (TPSA) is 62.7 Å². The fraction of sp³-hybridized carbons (Fsp3) is 0.714. The van der Waals surface area contributed by atoms with E-state index >= 15 is 0 Å². The molecule has 0 radical (unpaired) electrons. The molecule has 0 aromatic carbocycles. The molecule has 2 N–H and O–H groups in total. The SMILES string of the molecule is O=c1[nH]cnn1C1CCNCC1. The van der Waals surface area contributed by atoms with E-state index in [2.05, 4.69) is 15.4 Å². The lowest BCUT2D eigenvalue weighted by molar-refractivity contribution is 0.335. The van der Waals surface area contributed by atoms with Crippen molar-refractivity contribution in [2.75, 3.05) is 13.1 Å². The third kappa shape index (κ3) is 1.27. The number of rotatable bonds is 1. The van der Waals surface area contributed by atoms with Crippen LogP contribution in [0.5, 0.6) is 0 Å². The Morgan fingerprint density at radius 3 is 2.83 bits per heavy atom. The fourth-order valence-electron chi connectivity index (χ4n) is 1.58. The van der Waals surface area contributed by atoms with Crippen LogP contribution in [0.4, 0.5) is 0 Å². The van der Waals surface area contributed by atoms with Crippen LogP contribution in [0.15, 0.2) is 11.1 Å². The number of H-pyrrole nitrogens is 1. The maximum Gasteiger partial charge on any atom is 0.343 e. The molecule has 12 heavy (non-hydrogen) atoms. The zero-order valence-electron chi connectivity index (χ0n) is 6.79. The minimum Gasteiger partial charge on any atom is -0.317 e. The lowest BCUT2D eigenvalue weighted by Crippen LogP contribution is -2.33. The Kier molecular flexibility index (Phi) is 1.95. The molecule has 0 amide bonds. The van der Waals surface area contributed by atoms with Crippen LogP contribution in [-0.4, -0.2) is 27.9 Å². The average molecular weight is 168 g/mol. The van der Waals surface area contributed by atoms with Gasteiger partial charge in [-0.1, -0.05) is 0 Å². The highest BCUT2D eigenvalue weighted by molar-refractivity contribution is 4.75. The molecule has 5 nitrogen and oxygen atoms in total. The zero-order chi connectivity index (χ0) is 8.39. The molecule has 0 bridgehead atoms. The number of hydrogen-bond acceptors (Lipinski definition) is 3.